The highest BCUT2D eigenvalue weighted by molar-refractivity contribution is 7.47. The van der Waals surface area contributed by atoms with Gasteiger partial charge in [0.1, 0.15) is 0 Å². The predicted octanol–water partition coefficient (Wildman–Crippen LogP) is 12.8. The van der Waals surface area contributed by atoms with Gasteiger partial charge in [0.25, 0.3) is 0 Å². The Bertz CT molecular complexity index is 1100. The van der Waals surface area contributed by atoms with E-state index >= 15 is 0 Å². The standard InChI is InChI=1S/C47H85N2O6P/c1-3-5-7-9-11-13-15-17-19-21-23-25-27-29-31-33-35-37-39-41-47(51)49-45(44-55-56(52,53)54-43-42-48)46(50)40-38-36-34-32-30-28-26-24-22-20-18-16-14-12-10-8-6-4-2/h11,13,17,19,22-25,30,32,38,40,45-46,50H,3-10,12,14-16,18,20-21,26-29,31,33-37,39,41-44,48H2,1-2H3,(H,49,51)(H,52,53)/b13-11-,19-17-,24-22+,25-23-,32-30+,40-38+. The molecule has 3 unspecified atom stereocenters. The Kier molecular flexibility index (Phi) is 41.0. The molecule has 3 atom stereocenters. The average molecular weight is 805 g/mol. The Hall–Kier alpha value is -2.06. The molecule has 0 bridgehead atoms. The van der Waals surface area contributed by atoms with Gasteiger partial charge in [0.15, 0.2) is 0 Å². The van der Waals surface area contributed by atoms with E-state index in [4.69, 9.17) is 14.8 Å². The number of hydrogen-bond donors (Lipinski definition) is 4. The molecule has 0 rings (SSSR count). The van der Waals surface area contributed by atoms with Gasteiger partial charge in [-0.15, -0.1) is 0 Å². The Morgan fingerprint density at radius 3 is 1.54 bits per heavy atom. The molecule has 9 heteroatoms. The van der Waals surface area contributed by atoms with Gasteiger partial charge in [-0.3, -0.25) is 13.8 Å². The van der Waals surface area contributed by atoms with Gasteiger partial charge in [0.2, 0.25) is 5.91 Å². The molecular weight excluding hydrogens is 719 g/mol. The van der Waals surface area contributed by atoms with Crippen molar-refractivity contribution in [2.24, 2.45) is 5.73 Å². The first-order valence-electron chi connectivity index (χ1n) is 22.6. The van der Waals surface area contributed by atoms with Crippen LogP contribution >= 0.6 is 7.82 Å². The number of nitrogens with two attached hydrogens (primary N) is 1. The molecule has 0 fully saturated rings. The van der Waals surface area contributed by atoms with Gasteiger partial charge in [0, 0.05) is 13.0 Å². The van der Waals surface area contributed by atoms with Crippen LogP contribution in [0.15, 0.2) is 72.9 Å². The molecule has 0 aromatic carbocycles. The monoisotopic (exact) mass is 805 g/mol. The van der Waals surface area contributed by atoms with Gasteiger partial charge in [-0.2, -0.15) is 0 Å². The fraction of sp³-hybridized carbons (Fsp3) is 0.723. The number of nitrogens with one attached hydrogen (secondary N) is 1. The SMILES string of the molecule is CCCCC/C=C\C/C=C\C/C=C\CCCCCCCCC(=O)NC(COP(=O)(O)OCCN)C(O)/C=C/CC/C=C/CC/C=C/CCCCCCCCCC. The largest absolute Gasteiger partial charge is 0.472 e. The van der Waals surface area contributed by atoms with Crippen LogP contribution in [-0.4, -0.2) is 47.8 Å². The van der Waals surface area contributed by atoms with Gasteiger partial charge >= 0.3 is 7.82 Å². The van der Waals surface area contributed by atoms with Crippen LogP contribution in [0.2, 0.25) is 0 Å². The lowest BCUT2D eigenvalue weighted by atomic mass is 10.1. The lowest BCUT2D eigenvalue weighted by Gasteiger charge is -2.23. The van der Waals surface area contributed by atoms with E-state index in [1.165, 1.54) is 96.3 Å². The maximum atomic E-state index is 12.8. The van der Waals surface area contributed by atoms with Crippen LogP contribution in [0.25, 0.3) is 0 Å². The van der Waals surface area contributed by atoms with Crippen molar-refractivity contribution in [2.75, 3.05) is 19.8 Å². The quantitative estimate of drug-likeness (QED) is 0.0275. The highest BCUT2D eigenvalue weighted by atomic mass is 31.2. The Morgan fingerprint density at radius 2 is 1.00 bits per heavy atom. The number of allylic oxidation sites excluding steroid dienone is 11. The third-order valence-corrected chi connectivity index (χ3v) is 10.5. The smallest absolute Gasteiger partial charge is 0.387 e. The Balaban J connectivity index is 4.32. The molecule has 0 aliphatic carbocycles. The molecular formula is C47H85N2O6P. The van der Waals surface area contributed by atoms with Crippen LogP contribution in [0.3, 0.4) is 0 Å². The van der Waals surface area contributed by atoms with E-state index in [2.05, 4.69) is 79.9 Å². The molecule has 0 aromatic heterocycles. The van der Waals surface area contributed by atoms with Gasteiger partial charge in [-0.05, 0) is 83.5 Å². The molecule has 0 aliphatic rings. The maximum absolute atomic E-state index is 12.8. The lowest BCUT2D eigenvalue weighted by molar-refractivity contribution is -0.123. The van der Waals surface area contributed by atoms with Crippen LogP contribution in [0.1, 0.15) is 187 Å². The summed E-state index contributed by atoms with van der Waals surface area (Å²) < 4.78 is 22.1. The van der Waals surface area contributed by atoms with E-state index in [9.17, 15) is 19.4 Å². The van der Waals surface area contributed by atoms with Crippen molar-refractivity contribution in [3.8, 4) is 0 Å². The van der Waals surface area contributed by atoms with Gasteiger partial charge in [-0.25, -0.2) is 4.57 Å². The number of aliphatic hydroxyl groups excluding tert-OH is 1. The summed E-state index contributed by atoms with van der Waals surface area (Å²) in [4.78, 5) is 22.7. The van der Waals surface area contributed by atoms with Crippen molar-refractivity contribution in [1.82, 2.24) is 5.32 Å². The zero-order valence-electron chi connectivity index (χ0n) is 35.8. The van der Waals surface area contributed by atoms with E-state index < -0.39 is 20.0 Å². The molecule has 324 valence electrons. The van der Waals surface area contributed by atoms with Crippen LogP contribution < -0.4 is 11.1 Å². The number of carbonyl (C=O) groups excluding carboxylic acids is 1. The van der Waals surface area contributed by atoms with Crippen LogP contribution in [0.5, 0.6) is 0 Å². The summed E-state index contributed by atoms with van der Waals surface area (Å²) in [5, 5.41) is 13.6. The molecule has 8 nitrogen and oxygen atoms in total. The van der Waals surface area contributed by atoms with Gasteiger partial charge in [-0.1, -0.05) is 170 Å². The Morgan fingerprint density at radius 1 is 0.589 bits per heavy atom. The predicted molar refractivity (Wildman–Crippen MR) is 240 cm³/mol. The molecule has 56 heavy (non-hydrogen) atoms. The number of phosphoric ester groups is 1. The van der Waals surface area contributed by atoms with Crippen LogP contribution in [0, 0.1) is 0 Å². The van der Waals surface area contributed by atoms with E-state index in [1.807, 2.05) is 6.08 Å². The number of amides is 1. The number of aliphatic hydroxyl groups is 1. The molecule has 0 aliphatic heterocycles. The summed E-state index contributed by atoms with van der Waals surface area (Å²) >= 11 is 0. The highest BCUT2D eigenvalue weighted by Gasteiger charge is 2.26. The summed E-state index contributed by atoms with van der Waals surface area (Å²) in [6.07, 6.45) is 55.2. The lowest BCUT2D eigenvalue weighted by Crippen LogP contribution is -2.45. The third kappa shape index (κ3) is 40.1. The minimum Gasteiger partial charge on any atom is -0.387 e. The molecule has 0 radical (unpaired) electrons. The fourth-order valence-corrected chi connectivity index (χ4v) is 6.81. The van der Waals surface area contributed by atoms with Crippen molar-refractivity contribution in [3.63, 3.8) is 0 Å². The van der Waals surface area contributed by atoms with Crippen LogP contribution in [0.4, 0.5) is 0 Å². The highest BCUT2D eigenvalue weighted by Crippen LogP contribution is 2.43. The van der Waals surface area contributed by atoms with Crippen LogP contribution in [-0.2, 0) is 18.4 Å². The number of hydrogen-bond acceptors (Lipinski definition) is 6. The van der Waals surface area contributed by atoms with Crippen molar-refractivity contribution >= 4 is 13.7 Å². The average Bonchev–Trinajstić information content (AvgIpc) is 3.19. The first-order chi connectivity index (χ1) is 27.4. The van der Waals surface area contributed by atoms with E-state index in [0.29, 0.717) is 6.42 Å². The van der Waals surface area contributed by atoms with Crippen molar-refractivity contribution in [1.29, 1.82) is 0 Å². The Labute approximate surface area is 344 Å². The van der Waals surface area contributed by atoms with Gasteiger partial charge in [0.05, 0.1) is 25.4 Å². The second-order valence-electron chi connectivity index (χ2n) is 14.9. The molecule has 1 amide bonds. The molecule has 0 aromatic rings. The molecule has 0 heterocycles. The summed E-state index contributed by atoms with van der Waals surface area (Å²) in [5.74, 6) is -0.223. The van der Waals surface area contributed by atoms with Crippen molar-refractivity contribution < 1.29 is 28.4 Å². The zero-order chi connectivity index (χ0) is 41.1. The zero-order valence-corrected chi connectivity index (χ0v) is 36.7. The topological polar surface area (TPSA) is 131 Å². The van der Waals surface area contributed by atoms with E-state index in [-0.39, 0.29) is 25.7 Å². The molecule has 0 saturated carbocycles. The third-order valence-electron chi connectivity index (χ3n) is 9.48. The molecule has 5 N–H and O–H groups in total. The van der Waals surface area contributed by atoms with Crippen molar-refractivity contribution in [2.45, 2.75) is 199 Å². The normalized spacial score (nSPS) is 14.7. The second-order valence-corrected chi connectivity index (χ2v) is 16.3. The first kappa shape index (κ1) is 53.9. The second kappa shape index (κ2) is 42.5. The first-order valence-corrected chi connectivity index (χ1v) is 24.1. The number of rotatable bonds is 41. The van der Waals surface area contributed by atoms with E-state index in [0.717, 1.165) is 70.6 Å². The molecule has 0 spiro atoms. The molecule has 0 saturated heterocycles. The van der Waals surface area contributed by atoms with Crippen molar-refractivity contribution in [3.05, 3.63) is 72.9 Å². The van der Waals surface area contributed by atoms with Gasteiger partial charge < -0.3 is 21.1 Å². The van der Waals surface area contributed by atoms with E-state index in [1.54, 1.807) is 6.08 Å². The number of unbranched alkanes of at least 4 members (excludes halogenated alkanes) is 19. The minimum atomic E-state index is -4.36. The summed E-state index contributed by atoms with van der Waals surface area (Å²) in [5.41, 5.74) is 5.37. The number of carbonyl (C=O) groups is 1. The summed E-state index contributed by atoms with van der Waals surface area (Å²) in [6.45, 7) is 4.05. The summed E-state index contributed by atoms with van der Waals surface area (Å²) in [7, 11) is -4.36. The minimum absolute atomic E-state index is 0.0660. The fourth-order valence-electron chi connectivity index (χ4n) is 6.05. The maximum Gasteiger partial charge on any atom is 0.472 e. The number of phosphoric acid groups is 1. The summed E-state index contributed by atoms with van der Waals surface area (Å²) in [6, 6.07) is -0.894.